The average molecular weight is 1820 g/mol. The fraction of sp³-hybridized carbons (Fsp3) is 0.182. The molecule has 644 valence electrons. The van der Waals surface area contributed by atoms with Crippen molar-refractivity contribution in [2.24, 2.45) is 20.0 Å². The Morgan fingerprint density at radius 3 is 1.03 bits per heavy atom. The quantitative estimate of drug-likeness (QED) is 0.0890. The fourth-order valence-electron chi connectivity index (χ4n) is 15.7. The number of benzene rings is 8. The SMILES string of the molecule is O=C1NCC(c2c(F)cc(-c3csc(C(F)(F)F)c3)cc2F)N1c1ccc2c(c1)N=CC2.O=C1NCC(c2ccc(-c3csc(C(F)(F)F)c3)c(F)c2)N1c1ccc2c(c1)N=CC2.O=C1NCC(c2ccc(-c3csc(C(F)(F)F)c3)c(F)c2F)N1c1ccc2c(c1)N=CC2.O=C1NCC(c2ccc(-c3csc(C(F)(F)F)c3)cc2F)N1c1ccc2c(c1)N=CC2. The number of fused-ring (bicyclic) bond motifs is 4. The molecule has 0 aliphatic carbocycles. The van der Waals surface area contributed by atoms with E-state index in [1.807, 2.05) is 42.5 Å². The zero-order valence-electron chi connectivity index (χ0n) is 64.2. The predicted molar refractivity (Wildman–Crippen MR) is 446 cm³/mol. The molecule has 8 aliphatic heterocycles. The number of urea groups is 4. The molecule has 4 saturated heterocycles. The van der Waals surface area contributed by atoms with Gasteiger partial charge in [-0.15, -0.1) is 45.3 Å². The first kappa shape index (κ1) is 85.2. The van der Waals surface area contributed by atoms with Crippen LogP contribution >= 0.6 is 45.3 Å². The first-order chi connectivity index (χ1) is 60.1. The van der Waals surface area contributed by atoms with E-state index in [-0.39, 0.29) is 88.3 Å². The van der Waals surface area contributed by atoms with Crippen molar-refractivity contribution in [3.8, 4) is 44.5 Å². The molecule has 0 bridgehead atoms. The van der Waals surface area contributed by atoms with Gasteiger partial charge in [0.25, 0.3) is 0 Å². The zero-order chi connectivity index (χ0) is 88.7. The predicted octanol–water partition coefficient (Wildman–Crippen LogP) is 24.7. The molecular weight excluding hydrogens is 1760 g/mol. The molecule has 20 rings (SSSR count). The van der Waals surface area contributed by atoms with Crippen molar-refractivity contribution in [1.82, 2.24) is 21.3 Å². The number of nitrogens with zero attached hydrogens (tertiary/aromatic N) is 8. The smallest absolute Gasteiger partial charge is 0.335 e. The molecular formula is C88H58F18N12O4S4. The largest absolute Gasteiger partial charge is 0.425 e. The summed E-state index contributed by atoms with van der Waals surface area (Å²) in [6, 6.07) is 33.9. The van der Waals surface area contributed by atoms with Gasteiger partial charge < -0.3 is 21.3 Å². The van der Waals surface area contributed by atoms with E-state index in [0.29, 0.717) is 109 Å². The number of carbonyl (C=O) groups is 4. The minimum absolute atomic E-state index is 0.00815. The Bertz CT molecular complexity index is 6480. The lowest BCUT2D eigenvalue weighted by Gasteiger charge is -2.25. The molecule has 12 heterocycles. The van der Waals surface area contributed by atoms with Crippen LogP contribution in [-0.4, -0.2) is 75.2 Å². The molecule has 38 heteroatoms. The maximum atomic E-state index is 15.1. The maximum absolute atomic E-state index is 15.1. The number of thiophene rings is 4. The fourth-order valence-corrected chi connectivity index (χ4v) is 18.9. The number of rotatable bonds is 12. The number of carbonyl (C=O) groups excluding carboxylic acids is 4. The summed E-state index contributed by atoms with van der Waals surface area (Å²) in [5.74, 6) is -5.56. The molecule has 12 aromatic rings. The van der Waals surface area contributed by atoms with Crippen LogP contribution in [0.3, 0.4) is 0 Å². The summed E-state index contributed by atoms with van der Waals surface area (Å²) in [5.41, 5.74) is 10.4. The third-order valence-electron chi connectivity index (χ3n) is 21.9. The first-order valence-electron chi connectivity index (χ1n) is 38.2. The van der Waals surface area contributed by atoms with Crippen LogP contribution in [0.15, 0.2) is 199 Å². The number of alkyl halides is 12. The number of hydrogen-bond donors (Lipinski definition) is 4. The molecule has 8 amide bonds. The maximum Gasteiger partial charge on any atom is 0.425 e. The van der Waals surface area contributed by atoms with Crippen molar-refractivity contribution in [3.05, 3.63) is 278 Å². The topological polar surface area (TPSA) is 179 Å². The Balaban J connectivity index is 0.000000119. The number of hydrogen-bond acceptors (Lipinski definition) is 12. The molecule has 0 radical (unpaired) electrons. The summed E-state index contributed by atoms with van der Waals surface area (Å²) >= 11 is 1.97. The van der Waals surface area contributed by atoms with Crippen molar-refractivity contribution >= 4 is 140 Å². The number of anilines is 4. The van der Waals surface area contributed by atoms with E-state index in [0.717, 1.165) is 88.2 Å². The van der Waals surface area contributed by atoms with Gasteiger partial charge in [0.2, 0.25) is 0 Å². The lowest BCUT2D eigenvalue weighted by atomic mass is 9.99. The summed E-state index contributed by atoms with van der Waals surface area (Å²) in [7, 11) is 0. The van der Waals surface area contributed by atoms with Gasteiger partial charge in [0, 0.05) is 127 Å². The molecule has 4 aromatic heterocycles. The van der Waals surface area contributed by atoms with Gasteiger partial charge in [0.05, 0.1) is 46.9 Å². The number of aliphatic imine (C=N–C) groups is 4. The standard InChI is InChI=1S/2C22H14F5N3OS.2C22H15F4N3OS/c23-15-5-12(13-7-19(32-10-13)22(25,26)27)6-16(24)20(15)18-9-29-21(31)30(18)14-2-1-11-3-4-28-17(11)8-14;23-19-14(12-7-18(32-10-12)22(25,26)27)3-4-15(20(19)24)17-9-29-21(31)30(17)13-2-1-11-5-6-28-16(11)8-13;23-17-7-13(2-4-16(17)14-8-20(31-11-14)22(24,25)26)19-10-28-21(30)29(19)15-3-1-12-5-6-27-18(12)9-15;23-17-7-13(14-8-20(31-11-14)22(24,25)26)2-4-16(17)19-10-28-21(30)29(19)15-3-1-12-5-6-27-18(12)9-15/h1-2,4-8,10,18H,3,9H2,(H,29,31);1-4,6-8,10,17H,5,9H2,(H,29,31);2*1-4,6-9,11,19H,5,10H2,(H,28,30). The van der Waals surface area contributed by atoms with Crippen LogP contribution in [0.25, 0.3) is 44.5 Å². The highest BCUT2D eigenvalue weighted by Gasteiger charge is 2.43. The second-order valence-electron chi connectivity index (χ2n) is 29.6. The van der Waals surface area contributed by atoms with Gasteiger partial charge in [-0.25, -0.2) is 45.5 Å². The summed E-state index contributed by atoms with van der Waals surface area (Å²) < 4.78 is 245. The minimum Gasteiger partial charge on any atom is -0.335 e. The van der Waals surface area contributed by atoms with Crippen LogP contribution in [0.4, 0.5) is 144 Å². The Labute approximate surface area is 718 Å². The van der Waals surface area contributed by atoms with Crippen LogP contribution in [-0.2, 0) is 50.4 Å². The summed E-state index contributed by atoms with van der Waals surface area (Å²) in [5, 5.41) is 15.7. The molecule has 0 saturated carbocycles. The Kier molecular flexibility index (Phi) is 22.7. The third-order valence-corrected chi connectivity index (χ3v) is 25.8. The molecule has 8 aliphatic rings. The van der Waals surface area contributed by atoms with Gasteiger partial charge in [-0.2, -0.15) is 52.7 Å². The Morgan fingerprint density at radius 1 is 0.302 bits per heavy atom. The van der Waals surface area contributed by atoms with E-state index in [9.17, 15) is 80.6 Å². The van der Waals surface area contributed by atoms with E-state index in [2.05, 4.69) is 41.2 Å². The van der Waals surface area contributed by atoms with Crippen molar-refractivity contribution < 1.29 is 98.2 Å². The van der Waals surface area contributed by atoms with Crippen molar-refractivity contribution in [2.75, 3.05) is 45.8 Å². The van der Waals surface area contributed by atoms with Crippen LogP contribution in [0.2, 0.25) is 0 Å². The van der Waals surface area contributed by atoms with Gasteiger partial charge in [0.1, 0.15) is 42.8 Å². The summed E-state index contributed by atoms with van der Waals surface area (Å²) in [6.45, 7) is 0.523. The second-order valence-corrected chi connectivity index (χ2v) is 33.2. The van der Waals surface area contributed by atoms with Crippen molar-refractivity contribution in [2.45, 2.75) is 74.6 Å². The van der Waals surface area contributed by atoms with Crippen molar-refractivity contribution in [3.63, 3.8) is 0 Å². The van der Waals surface area contributed by atoms with Crippen LogP contribution in [0, 0.1) is 34.9 Å². The minimum atomic E-state index is -4.56. The van der Waals surface area contributed by atoms with E-state index in [4.69, 9.17) is 0 Å². The molecule has 4 N–H and O–H groups in total. The molecule has 8 aromatic carbocycles. The molecule has 4 atom stereocenters. The normalized spacial score (nSPS) is 17.8. The monoisotopic (exact) mass is 1820 g/mol. The van der Waals surface area contributed by atoms with Crippen LogP contribution in [0.5, 0.6) is 0 Å². The number of halogens is 18. The van der Waals surface area contributed by atoms with Crippen LogP contribution < -0.4 is 40.9 Å². The zero-order valence-corrected chi connectivity index (χ0v) is 67.5. The second kappa shape index (κ2) is 33.5. The molecule has 4 fully saturated rings. The lowest BCUT2D eigenvalue weighted by molar-refractivity contribution is -0.135. The van der Waals surface area contributed by atoms with E-state index >= 15 is 17.6 Å². The molecule has 4 unspecified atom stereocenters. The van der Waals surface area contributed by atoms with E-state index in [1.54, 1.807) is 72.2 Å². The van der Waals surface area contributed by atoms with Gasteiger partial charge >= 0.3 is 48.8 Å². The first-order valence-corrected chi connectivity index (χ1v) is 41.7. The highest BCUT2D eigenvalue weighted by molar-refractivity contribution is 7.11. The highest BCUT2D eigenvalue weighted by atomic mass is 32.1. The summed E-state index contributed by atoms with van der Waals surface area (Å²) in [4.78, 5) is 69.5. The van der Waals surface area contributed by atoms with Gasteiger partial charge in [-0.1, -0.05) is 60.7 Å². The summed E-state index contributed by atoms with van der Waals surface area (Å²) in [6.07, 6.45) is -8.06. The number of nitrogens with one attached hydrogen (secondary N) is 4. The van der Waals surface area contributed by atoms with E-state index in [1.165, 1.54) is 67.2 Å². The molecule has 126 heavy (non-hydrogen) atoms. The Morgan fingerprint density at radius 2 is 0.635 bits per heavy atom. The average Bonchev–Trinajstić information content (AvgIpc) is 1.45. The third kappa shape index (κ3) is 16.9. The van der Waals surface area contributed by atoms with Gasteiger partial charge in [-0.05, 0) is 180 Å². The van der Waals surface area contributed by atoms with Gasteiger partial charge in [0.15, 0.2) is 11.6 Å². The molecule has 16 nitrogen and oxygen atoms in total. The van der Waals surface area contributed by atoms with E-state index < -0.39 is 115 Å². The van der Waals surface area contributed by atoms with Crippen molar-refractivity contribution in [1.29, 1.82) is 0 Å². The number of amides is 8. The lowest BCUT2D eigenvalue weighted by Crippen LogP contribution is -2.30. The van der Waals surface area contributed by atoms with Crippen LogP contribution in [0.1, 0.15) is 88.2 Å². The molecule has 0 spiro atoms. The highest BCUT2D eigenvalue weighted by Crippen LogP contribution is 2.48. The van der Waals surface area contributed by atoms with Gasteiger partial charge in [-0.3, -0.25) is 39.6 Å². The Hall–Kier alpha value is -12.9.